The fourth-order valence-corrected chi connectivity index (χ4v) is 2.03. The van der Waals surface area contributed by atoms with Crippen molar-refractivity contribution in [2.45, 2.75) is 12.7 Å². The molecule has 1 N–H and O–H groups in total. The van der Waals surface area contributed by atoms with E-state index in [2.05, 4.69) is 21.4 Å². The van der Waals surface area contributed by atoms with Gasteiger partial charge in [-0.05, 0) is 11.2 Å². The summed E-state index contributed by atoms with van der Waals surface area (Å²) < 4.78 is 82.1. The molecule has 148 valence electrons. The van der Waals surface area contributed by atoms with E-state index in [9.17, 15) is 26.0 Å². The molecule has 0 spiro atoms. The van der Waals surface area contributed by atoms with Gasteiger partial charge < -0.3 is 4.74 Å². The Morgan fingerprint density at radius 3 is 2.41 bits per heavy atom. The maximum absolute atomic E-state index is 13.5. The van der Waals surface area contributed by atoms with E-state index in [1.807, 2.05) is 0 Å². The second-order valence-corrected chi connectivity index (χ2v) is 6.52. The maximum Gasteiger partial charge on any atom is 0.448 e. The first-order chi connectivity index (χ1) is 12.4. The molecule has 7 nitrogen and oxygen atoms in total. The van der Waals surface area contributed by atoms with E-state index in [0.717, 1.165) is 13.3 Å². The van der Waals surface area contributed by atoms with Crippen LogP contribution in [-0.4, -0.2) is 42.1 Å². The molecule has 27 heavy (non-hydrogen) atoms. The van der Waals surface area contributed by atoms with Crippen LogP contribution in [0.25, 0.3) is 11.1 Å². The number of allylic oxidation sites excluding steroid dienone is 1. The van der Waals surface area contributed by atoms with Crippen molar-refractivity contribution in [3.8, 4) is 11.1 Å². The van der Waals surface area contributed by atoms with Crippen LogP contribution in [0, 0.1) is 5.82 Å². The molecule has 0 aliphatic carbocycles. The second kappa shape index (κ2) is 9.37. The van der Waals surface area contributed by atoms with Gasteiger partial charge in [-0.15, -0.1) is 0 Å². The topological polar surface area (TPSA) is 93.3 Å². The van der Waals surface area contributed by atoms with Crippen LogP contribution in [0.3, 0.4) is 0 Å². The molecule has 0 radical (unpaired) electrons. The van der Waals surface area contributed by atoms with Crippen molar-refractivity contribution in [3.63, 3.8) is 0 Å². The minimum atomic E-state index is -4.41. The van der Waals surface area contributed by atoms with Gasteiger partial charge in [-0.2, -0.15) is 21.6 Å². The van der Waals surface area contributed by atoms with Crippen molar-refractivity contribution >= 4 is 10.1 Å². The van der Waals surface area contributed by atoms with Gasteiger partial charge in [0.2, 0.25) is 0 Å². The van der Waals surface area contributed by atoms with Crippen molar-refractivity contribution in [1.82, 2.24) is 10.1 Å². The van der Waals surface area contributed by atoms with Crippen molar-refractivity contribution in [3.05, 3.63) is 55.1 Å². The third-order valence-corrected chi connectivity index (χ3v) is 3.69. The van der Waals surface area contributed by atoms with E-state index in [-0.39, 0.29) is 6.54 Å². The molecule has 0 atom stereocenters. The number of methoxy groups -OCH3 is 1. The summed E-state index contributed by atoms with van der Waals surface area (Å²) in [5.41, 5.74) is 0.924. The highest BCUT2D eigenvalue weighted by atomic mass is 32.2. The number of halogens is 4. The lowest BCUT2D eigenvalue weighted by atomic mass is 10.1. The van der Waals surface area contributed by atoms with E-state index < -0.39 is 33.6 Å². The summed E-state index contributed by atoms with van der Waals surface area (Å²) in [6.07, 6.45) is 1.10. The highest BCUT2D eigenvalue weighted by molar-refractivity contribution is 7.85. The Morgan fingerprint density at radius 1 is 1.33 bits per heavy atom. The minimum absolute atomic E-state index is 0.0257. The van der Waals surface area contributed by atoms with Gasteiger partial charge in [0.1, 0.15) is 17.8 Å². The number of alkyl halides is 3. The molecule has 0 unspecified atom stereocenters. The van der Waals surface area contributed by atoms with Crippen LogP contribution in [0.1, 0.15) is 0 Å². The zero-order valence-corrected chi connectivity index (χ0v) is 14.8. The molecule has 2 aromatic rings. The van der Waals surface area contributed by atoms with Crippen LogP contribution in [0.5, 0.6) is 0 Å². The van der Waals surface area contributed by atoms with Crippen LogP contribution in [0.4, 0.5) is 17.6 Å². The van der Waals surface area contributed by atoms with E-state index in [4.69, 9.17) is 4.55 Å². The van der Waals surface area contributed by atoms with E-state index in [0.29, 0.717) is 11.1 Å². The lowest BCUT2D eigenvalue weighted by Crippen LogP contribution is -2.40. The van der Waals surface area contributed by atoms with Crippen molar-refractivity contribution < 1.29 is 40.0 Å². The Labute approximate surface area is 152 Å². The molecule has 0 saturated carbocycles. The fourth-order valence-electron chi connectivity index (χ4n) is 1.61. The van der Waals surface area contributed by atoms with Crippen LogP contribution < -0.4 is 4.68 Å². The summed E-state index contributed by atoms with van der Waals surface area (Å²) in [5.74, 6) is -2.05. The number of hydrogen-bond donors (Lipinski definition) is 1. The SMILES string of the molecule is C=C(OC)C(F)(F)F.O=S(=O)(O)CC[n+]1ccc(-c2ccncc2F)cn1. The van der Waals surface area contributed by atoms with Crippen molar-refractivity contribution in [2.75, 3.05) is 12.9 Å². The zero-order valence-electron chi connectivity index (χ0n) is 14.0. The van der Waals surface area contributed by atoms with Gasteiger partial charge in [-0.25, -0.2) is 4.39 Å². The molecule has 0 aliphatic rings. The standard InChI is InChI=1S/C11H10FN3O3S.C4H5F3O/c12-11-8-13-3-1-10(11)9-2-4-15(14-7-9)5-6-19(16,17)18;1-3(8-2)4(5,6)7/h1-4,7-8H,5-6H2;1H2,2H3/p+1. The Hall–Kier alpha value is -2.60. The molecular formula is C15H16F4N3O4S+. The van der Waals surface area contributed by atoms with Crippen molar-refractivity contribution in [1.29, 1.82) is 0 Å². The lowest BCUT2D eigenvalue weighted by molar-refractivity contribution is -0.750. The van der Waals surface area contributed by atoms with E-state index in [1.54, 1.807) is 6.07 Å². The normalized spacial score (nSPS) is 11.3. The average molecular weight is 410 g/mol. The number of aryl methyl sites for hydroxylation is 1. The monoisotopic (exact) mass is 410 g/mol. The number of pyridine rings is 1. The summed E-state index contributed by atoms with van der Waals surface area (Å²) in [5, 5.41) is 3.95. The van der Waals surface area contributed by atoms with Crippen molar-refractivity contribution in [2.24, 2.45) is 0 Å². The molecule has 0 aromatic carbocycles. The Bertz CT molecular complexity index is 871. The molecule has 0 saturated heterocycles. The second-order valence-electron chi connectivity index (χ2n) is 4.95. The summed E-state index contributed by atoms with van der Waals surface area (Å²) >= 11 is 0. The third-order valence-electron chi connectivity index (χ3n) is 3.00. The smallest absolute Gasteiger partial charge is 0.448 e. The predicted octanol–water partition coefficient (Wildman–Crippen LogP) is 2.17. The lowest BCUT2D eigenvalue weighted by Gasteiger charge is -2.06. The number of nitrogens with zero attached hydrogens (tertiary/aromatic N) is 3. The molecule has 2 heterocycles. The van der Waals surface area contributed by atoms with Gasteiger partial charge in [0, 0.05) is 23.4 Å². The van der Waals surface area contributed by atoms with Crippen LogP contribution in [-0.2, 0) is 21.4 Å². The van der Waals surface area contributed by atoms with E-state index in [1.165, 1.54) is 29.3 Å². The highest BCUT2D eigenvalue weighted by Crippen LogP contribution is 2.23. The summed E-state index contributed by atoms with van der Waals surface area (Å²) in [6.45, 7) is 2.62. The van der Waals surface area contributed by atoms with Gasteiger partial charge >= 0.3 is 6.18 Å². The molecule has 2 rings (SSSR count). The van der Waals surface area contributed by atoms with Gasteiger partial charge in [0.05, 0.1) is 13.3 Å². The highest BCUT2D eigenvalue weighted by Gasteiger charge is 2.33. The first kappa shape index (κ1) is 22.4. The number of ether oxygens (including phenoxy) is 1. The predicted molar refractivity (Wildman–Crippen MR) is 86.2 cm³/mol. The fraction of sp³-hybridized carbons (Fsp3) is 0.267. The summed E-state index contributed by atoms with van der Waals surface area (Å²) in [6, 6.07) is 3.13. The first-order valence-corrected chi connectivity index (χ1v) is 8.76. The Morgan fingerprint density at radius 2 is 2.00 bits per heavy atom. The van der Waals surface area contributed by atoms with E-state index >= 15 is 0 Å². The number of rotatable bonds is 5. The van der Waals surface area contributed by atoms with Gasteiger partial charge in [0.25, 0.3) is 10.1 Å². The van der Waals surface area contributed by atoms with Gasteiger partial charge in [-0.1, -0.05) is 11.3 Å². The third kappa shape index (κ3) is 8.09. The molecule has 0 fully saturated rings. The van der Waals surface area contributed by atoms with Crippen LogP contribution in [0.2, 0.25) is 0 Å². The molecule has 0 amide bonds. The summed E-state index contributed by atoms with van der Waals surface area (Å²) in [4.78, 5) is 3.65. The molecule has 12 heteroatoms. The Kier molecular flexibility index (Phi) is 7.79. The largest absolute Gasteiger partial charge is 0.493 e. The zero-order chi connectivity index (χ0) is 20.7. The molecular weight excluding hydrogens is 394 g/mol. The minimum Gasteiger partial charge on any atom is -0.493 e. The molecule has 0 bridgehead atoms. The maximum atomic E-state index is 13.5. The van der Waals surface area contributed by atoms with Crippen LogP contribution >= 0.6 is 0 Å². The first-order valence-electron chi connectivity index (χ1n) is 7.15. The Balaban J connectivity index is 0.000000387. The molecule has 0 aliphatic heterocycles. The van der Waals surface area contributed by atoms with Crippen LogP contribution in [0.15, 0.2) is 49.3 Å². The number of hydrogen-bond acceptors (Lipinski definition) is 5. The quantitative estimate of drug-likeness (QED) is 0.352. The van der Waals surface area contributed by atoms with Gasteiger partial charge in [-0.3, -0.25) is 9.54 Å². The average Bonchev–Trinajstić information content (AvgIpc) is 2.59. The van der Waals surface area contributed by atoms with Gasteiger partial charge in [0.15, 0.2) is 18.5 Å². The molecule has 2 aromatic heterocycles. The number of aromatic nitrogens is 3. The summed E-state index contributed by atoms with van der Waals surface area (Å²) in [7, 11) is -3.09.